The molecule has 1 aromatic carbocycles. The van der Waals surface area contributed by atoms with E-state index in [1.54, 1.807) is 0 Å². The van der Waals surface area contributed by atoms with E-state index in [1.165, 1.54) is 34.0 Å². The van der Waals surface area contributed by atoms with Gasteiger partial charge in [-0.25, -0.2) is 0 Å². The monoisotopic (exact) mass is 239 g/mol. The van der Waals surface area contributed by atoms with E-state index in [1.807, 2.05) is 0 Å². The average molecular weight is 240 g/mol. The van der Waals surface area contributed by atoms with E-state index in [0.717, 1.165) is 6.42 Å². The molecule has 0 amide bonds. The van der Waals surface area contributed by atoms with E-state index in [9.17, 15) is 0 Å². The number of benzene rings is 1. The maximum Gasteiger partial charge on any atom is 0.0298 e. The number of nitrogens with two attached hydrogens (primary N) is 1. The summed E-state index contributed by atoms with van der Waals surface area (Å²) >= 11 is 3.60. The highest BCUT2D eigenvalue weighted by atomic mass is 79.9. The molecule has 1 nitrogen and oxygen atoms in total. The molecular weight excluding hydrogens is 226 g/mol. The highest BCUT2D eigenvalue weighted by Gasteiger charge is 2.18. The molecular formula is C11H14BrN. The van der Waals surface area contributed by atoms with Crippen LogP contribution in [0.3, 0.4) is 0 Å². The van der Waals surface area contributed by atoms with Crippen LogP contribution in [0.1, 0.15) is 35.6 Å². The van der Waals surface area contributed by atoms with E-state index in [4.69, 9.17) is 5.73 Å². The van der Waals surface area contributed by atoms with Crippen molar-refractivity contribution in [3.05, 3.63) is 33.3 Å². The predicted octanol–water partition coefficient (Wildman–Crippen LogP) is 3.09. The average Bonchev–Trinajstić information content (AvgIpc) is 2.07. The SMILES string of the molecule is Cc1cc(Br)c2c(c1)C(N)CCC2. The fourth-order valence-electron chi connectivity index (χ4n) is 2.05. The van der Waals surface area contributed by atoms with Crippen LogP contribution in [-0.4, -0.2) is 0 Å². The molecule has 0 aromatic heterocycles. The Morgan fingerprint density at radius 2 is 2.23 bits per heavy atom. The van der Waals surface area contributed by atoms with Crippen LogP contribution < -0.4 is 5.73 Å². The van der Waals surface area contributed by atoms with Crippen molar-refractivity contribution in [2.24, 2.45) is 5.73 Å². The molecule has 1 unspecified atom stereocenters. The maximum atomic E-state index is 6.06. The van der Waals surface area contributed by atoms with E-state index in [2.05, 4.69) is 35.0 Å². The van der Waals surface area contributed by atoms with Crippen LogP contribution in [0.15, 0.2) is 16.6 Å². The minimum atomic E-state index is 0.250. The van der Waals surface area contributed by atoms with Crippen LogP contribution in [0, 0.1) is 6.92 Å². The van der Waals surface area contributed by atoms with Gasteiger partial charge in [-0.05, 0) is 48.9 Å². The zero-order valence-corrected chi connectivity index (χ0v) is 9.39. The van der Waals surface area contributed by atoms with Gasteiger partial charge in [0.15, 0.2) is 0 Å². The van der Waals surface area contributed by atoms with Gasteiger partial charge in [-0.15, -0.1) is 0 Å². The molecule has 0 bridgehead atoms. The van der Waals surface area contributed by atoms with Crippen LogP contribution >= 0.6 is 15.9 Å². The maximum absolute atomic E-state index is 6.06. The highest BCUT2D eigenvalue weighted by molar-refractivity contribution is 9.10. The Kier molecular flexibility index (Phi) is 2.43. The molecule has 70 valence electrons. The number of rotatable bonds is 0. The Hall–Kier alpha value is -0.340. The summed E-state index contributed by atoms with van der Waals surface area (Å²) in [5.74, 6) is 0. The molecule has 0 aliphatic heterocycles. The Labute approximate surface area is 87.5 Å². The van der Waals surface area contributed by atoms with E-state index in [0.29, 0.717) is 0 Å². The molecule has 0 saturated carbocycles. The summed E-state index contributed by atoms with van der Waals surface area (Å²) in [6, 6.07) is 4.65. The molecule has 0 heterocycles. The standard InChI is InChI=1S/C11H14BrN/c1-7-5-9-8(10(12)6-7)3-2-4-11(9)13/h5-6,11H,2-4,13H2,1H3. The molecule has 0 spiro atoms. The summed E-state index contributed by atoms with van der Waals surface area (Å²) in [6.07, 6.45) is 3.52. The van der Waals surface area contributed by atoms with Crippen LogP contribution in [0.5, 0.6) is 0 Å². The molecule has 0 radical (unpaired) electrons. The van der Waals surface area contributed by atoms with Crippen molar-refractivity contribution in [3.63, 3.8) is 0 Å². The number of hydrogen-bond acceptors (Lipinski definition) is 1. The van der Waals surface area contributed by atoms with Crippen molar-refractivity contribution >= 4 is 15.9 Å². The van der Waals surface area contributed by atoms with Crippen LogP contribution in [0.2, 0.25) is 0 Å². The third-order valence-electron chi connectivity index (χ3n) is 2.72. The molecule has 1 aliphatic carbocycles. The molecule has 1 aromatic rings. The van der Waals surface area contributed by atoms with Gasteiger partial charge >= 0.3 is 0 Å². The lowest BCUT2D eigenvalue weighted by atomic mass is 9.87. The van der Waals surface area contributed by atoms with Crippen molar-refractivity contribution in [1.82, 2.24) is 0 Å². The number of hydrogen-bond donors (Lipinski definition) is 1. The van der Waals surface area contributed by atoms with Gasteiger partial charge in [0.1, 0.15) is 0 Å². The number of fused-ring (bicyclic) bond motifs is 1. The smallest absolute Gasteiger partial charge is 0.0298 e. The van der Waals surface area contributed by atoms with Crippen molar-refractivity contribution in [3.8, 4) is 0 Å². The van der Waals surface area contributed by atoms with Gasteiger partial charge in [0.05, 0.1) is 0 Å². The second kappa shape index (κ2) is 3.43. The quantitative estimate of drug-likeness (QED) is 0.740. The molecule has 2 heteroatoms. The predicted molar refractivity (Wildman–Crippen MR) is 58.7 cm³/mol. The summed E-state index contributed by atoms with van der Waals surface area (Å²) < 4.78 is 1.23. The lowest BCUT2D eigenvalue weighted by Crippen LogP contribution is -2.17. The molecule has 1 aliphatic rings. The fourth-order valence-corrected chi connectivity index (χ4v) is 2.84. The summed E-state index contributed by atoms with van der Waals surface area (Å²) in [4.78, 5) is 0. The van der Waals surface area contributed by atoms with Gasteiger partial charge in [-0.3, -0.25) is 0 Å². The van der Waals surface area contributed by atoms with E-state index in [-0.39, 0.29) is 6.04 Å². The van der Waals surface area contributed by atoms with E-state index >= 15 is 0 Å². The molecule has 13 heavy (non-hydrogen) atoms. The summed E-state index contributed by atoms with van der Waals surface area (Å²) in [7, 11) is 0. The topological polar surface area (TPSA) is 26.0 Å². The molecule has 2 N–H and O–H groups in total. The number of halogens is 1. The van der Waals surface area contributed by atoms with Crippen LogP contribution in [0.25, 0.3) is 0 Å². The first-order valence-electron chi connectivity index (χ1n) is 4.73. The van der Waals surface area contributed by atoms with Gasteiger partial charge in [-0.1, -0.05) is 22.0 Å². The van der Waals surface area contributed by atoms with Crippen molar-refractivity contribution < 1.29 is 0 Å². The third kappa shape index (κ3) is 1.65. The van der Waals surface area contributed by atoms with Gasteiger partial charge in [0, 0.05) is 10.5 Å². The van der Waals surface area contributed by atoms with Gasteiger partial charge in [0.25, 0.3) is 0 Å². The van der Waals surface area contributed by atoms with E-state index < -0.39 is 0 Å². The summed E-state index contributed by atoms with van der Waals surface area (Å²) in [5.41, 5.74) is 10.1. The van der Waals surface area contributed by atoms with Crippen LogP contribution in [0.4, 0.5) is 0 Å². The lowest BCUT2D eigenvalue weighted by molar-refractivity contribution is 0.568. The lowest BCUT2D eigenvalue weighted by Gasteiger charge is -2.23. The Bertz CT molecular complexity index is 333. The molecule has 2 rings (SSSR count). The largest absolute Gasteiger partial charge is 0.324 e. The Morgan fingerprint density at radius 3 is 3.00 bits per heavy atom. The third-order valence-corrected chi connectivity index (χ3v) is 3.42. The van der Waals surface area contributed by atoms with Gasteiger partial charge < -0.3 is 5.73 Å². The molecule has 0 saturated heterocycles. The minimum absolute atomic E-state index is 0.250. The second-order valence-electron chi connectivity index (χ2n) is 3.81. The van der Waals surface area contributed by atoms with Gasteiger partial charge in [-0.2, -0.15) is 0 Å². The summed E-state index contributed by atoms with van der Waals surface area (Å²) in [6.45, 7) is 2.12. The normalized spacial score (nSPS) is 21.3. The fraction of sp³-hybridized carbons (Fsp3) is 0.455. The highest BCUT2D eigenvalue weighted by Crippen LogP contribution is 2.33. The number of aryl methyl sites for hydroxylation is 1. The summed E-state index contributed by atoms with van der Waals surface area (Å²) in [5, 5.41) is 0. The second-order valence-corrected chi connectivity index (χ2v) is 4.67. The zero-order chi connectivity index (χ0) is 9.42. The van der Waals surface area contributed by atoms with Crippen molar-refractivity contribution in [1.29, 1.82) is 0 Å². The van der Waals surface area contributed by atoms with Crippen LogP contribution in [-0.2, 0) is 6.42 Å². The zero-order valence-electron chi connectivity index (χ0n) is 7.81. The first-order valence-corrected chi connectivity index (χ1v) is 5.52. The molecule has 1 atom stereocenters. The van der Waals surface area contributed by atoms with Crippen molar-refractivity contribution in [2.45, 2.75) is 32.2 Å². The minimum Gasteiger partial charge on any atom is -0.324 e. The van der Waals surface area contributed by atoms with Crippen molar-refractivity contribution in [2.75, 3.05) is 0 Å². The first kappa shape index (κ1) is 9.22. The Balaban J connectivity index is 2.56. The Morgan fingerprint density at radius 1 is 1.46 bits per heavy atom. The van der Waals surface area contributed by atoms with Gasteiger partial charge in [0.2, 0.25) is 0 Å². The molecule has 0 fully saturated rings. The first-order chi connectivity index (χ1) is 6.18.